The molecule has 0 aliphatic carbocycles. The number of hydrogen-bond acceptors (Lipinski definition) is 5. The van der Waals surface area contributed by atoms with Crippen molar-refractivity contribution in [2.75, 3.05) is 36.4 Å². The molecule has 0 saturated carbocycles. The van der Waals surface area contributed by atoms with Crippen LogP contribution in [0, 0.1) is 5.92 Å². The number of nitrogens with zero attached hydrogens (tertiary/aromatic N) is 4. The number of rotatable bonds is 6. The Kier molecular flexibility index (Phi) is 8.53. The van der Waals surface area contributed by atoms with Gasteiger partial charge in [-0.15, -0.1) is 0 Å². The van der Waals surface area contributed by atoms with E-state index in [4.69, 9.17) is 11.6 Å². The van der Waals surface area contributed by atoms with Gasteiger partial charge in [-0.1, -0.05) is 17.7 Å². The first-order valence-corrected chi connectivity index (χ1v) is 12.8. The number of imidazole rings is 1. The molecule has 0 radical (unpaired) electrons. The third kappa shape index (κ3) is 6.80. The van der Waals surface area contributed by atoms with Gasteiger partial charge in [0.25, 0.3) is 0 Å². The van der Waals surface area contributed by atoms with Gasteiger partial charge < -0.3 is 20.1 Å². The van der Waals surface area contributed by atoms with Gasteiger partial charge >= 0.3 is 18.7 Å². The number of aromatic nitrogens is 2. The number of halogens is 10. The summed E-state index contributed by atoms with van der Waals surface area (Å²) in [5.74, 6) is -3.69. The van der Waals surface area contributed by atoms with Gasteiger partial charge in [0.2, 0.25) is 11.9 Å². The van der Waals surface area contributed by atoms with Crippen LogP contribution in [0.5, 0.6) is 0 Å². The number of hydrogen-bond donors (Lipinski definition) is 2. The number of anilines is 3. The summed E-state index contributed by atoms with van der Waals surface area (Å²) in [6.07, 6.45) is -14.0. The first-order valence-electron chi connectivity index (χ1n) is 12.4. The zero-order valence-corrected chi connectivity index (χ0v) is 22.7. The summed E-state index contributed by atoms with van der Waals surface area (Å²) in [6, 6.07) is 5.84. The van der Waals surface area contributed by atoms with Gasteiger partial charge in [-0.05, 0) is 36.8 Å². The molecule has 1 aliphatic heterocycles. The monoisotopic (exact) mass is 630 g/mol. The summed E-state index contributed by atoms with van der Waals surface area (Å²) >= 11 is 6.40. The van der Waals surface area contributed by atoms with E-state index >= 15 is 0 Å². The first-order chi connectivity index (χ1) is 19.4. The van der Waals surface area contributed by atoms with E-state index in [1.807, 2.05) is 0 Å². The van der Waals surface area contributed by atoms with Crippen LogP contribution in [0.15, 0.2) is 30.3 Å². The Morgan fingerprint density at radius 2 is 1.64 bits per heavy atom. The van der Waals surface area contributed by atoms with Crippen LogP contribution >= 0.6 is 11.6 Å². The van der Waals surface area contributed by atoms with Crippen molar-refractivity contribution in [1.29, 1.82) is 0 Å². The lowest BCUT2D eigenvalue weighted by molar-refractivity contribution is -0.246. The van der Waals surface area contributed by atoms with Crippen LogP contribution < -0.4 is 15.5 Å². The van der Waals surface area contributed by atoms with Crippen LogP contribution in [-0.2, 0) is 24.6 Å². The lowest BCUT2D eigenvalue weighted by atomic mass is 10.1. The van der Waals surface area contributed by atoms with Gasteiger partial charge in [0.1, 0.15) is 5.92 Å². The molecule has 1 unspecified atom stereocenters. The summed E-state index contributed by atoms with van der Waals surface area (Å²) in [6.45, 7) is -0.276. The third-order valence-electron chi connectivity index (χ3n) is 6.92. The number of piperazine rings is 1. The summed E-state index contributed by atoms with van der Waals surface area (Å²) in [5, 5.41) is 4.86. The quantitative estimate of drug-likeness (QED) is 0.242. The molecule has 0 spiro atoms. The SMILES string of the molecule is CC(C(=O)NCc1ccc(C(F)(F)F)c(Nc2nc3cc(Cl)c(N4CCN(C(F)(F)F)CC4)cc3n2C)c1)C(F)(F)F. The molecule has 3 aromatic rings. The molecule has 42 heavy (non-hydrogen) atoms. The zero-order valence-electron chi connectivity index (χ0n) is 22.0. The molecule has 4 rings (SSSR count). The van der Waals surface area contributed by atoms with Gasteiger partial charge in [-0.3, -0.25) is 4.79 Å². The van der Waals surface area contributed by atoms with E-state index < -0.39 is 48.3 Å². The highest BCUT2D eigenvalue weighted by Gasteiger charge is 2.41. The van der Waals surface area contributed by atoms with Gasteiger partial charge in [0, 0.05) is 39.8 Å². The molecule has 2 N–H and O–H groups in total. The fraction of sp³-hybridized carbons (Fsp3) is 0.440. The molecule has 230 valence electrons. The van der Waals surface area contributed by atoms with Crippen molar-refractivity contribution in [3.63, 3.8) is 0 Å². The van der Waals surface area contributed by atoms with Crippen molar-refractivity contribution in [3.8, 4) is 0 Å². The molecule has 1 fully saturated rings. The molecule has 1 amide bonds. The van der Waals surface area contributed by atoms with Gasteiger partial charge in [0.05, 0.1) is 33.0 Å². The molecule has 2 aromatic carbocycles. The van der Waals surface area contributed by atoms with Crippen LogP contribution in [0.25, 0.3) is 11.0 Å². The van der Waals surface area contributed by atoms with E-state index in [1.54, 1.807) is 11.0 Å². The largest absolute Gasteiger partial charge is 0.460 e. The second-order valence-corrected chi connectivity index (χ2v) is 10.1. The van der Waals surface area contributed by atoms with E-state index in [0.29, 0.717) is 28.5 Å². The summed E-state index contributed by atoms with van der Waals surface area (Å²) < 4.78 is 120. The van der Waals surface area contributed by atoms with Crippen molar-refractivity contribution < 1.29 is 44.3 Å². The van der Waals surface area contributed by atoms with Crippen molar-refractivity contribution in [2.24, 2.45) is 13.0 Å². The van der Waals surface area contributed by atoms with Crippen LogP contribution in [0.1, 0.15) is 18.1 Å². The molecule has 0 bridgehead atoms. The maximum Gasteiger partial charge on any atom is 0.460 e. The Bertz CT molecular complexity index is 1460. The Hall–Kier alpha value is -3.40. The summed E-state index contributed by atoms with van der Waals surface area (Å²) in [4.78, 5) is 18.2. The predicted molar refractivity (Wildman–Crippen MR) is 137 cm³/mol. The van der Waals surface area contributed by atoms with Gasteiger partial charge in [-0.25, -0.2) is 9.88 Å². The summed E-state index contributed by atoms with van der Waals surface area (Å²) in [5.41, 5.74) is -0.313. The second kappa shape index (κ2) is 11.4. The number of nitrogens with one attached hydrogen (secondary N) is 2. The fourth-order valence-corrected chi connectivity index (χ4v) is 4.70. The highest BCUT2D eigenvalue weighted by atomic mass is 35.5. The number of aryl methyl sites for hydroxylation is 1. The normalized spacial score (nSPS) is 16.1. The van der Waals surface area contributed by atoms with Gasteiger partial charge in [0.15, 0.2) is 0 Å². The predicted octanol–water partition coefficient (Wildman–Crippen LogP) is 6.45. The van der Waals surface area contributed by atoms with E-state index in [9.17, 15) is 44.3 Å². The third-order valence-corrected chi connectivity index (χ3v) is 7.22. The Balaban J connectivity index is 1.60. The highest BCUT2D eigenvalue weighted by molar-refractivity contribution is 6.34. The van der Waals surface area contributed by atoms with E-state index in [2.05, 4.69) is 15.6 Å². The van der Waals surface area contributed by atoms with Crippen LogP contribution in [0.2, 0.25) is 5.02 Å². The number of carbonyl (C=O) groups excluding carboxylic acids is 1. The van der Waals surface area contributed by atoms with Gasteiger partial charge in [-0.2, -0.15) is 39.5 Å². The molecule has 1 atom stereocenters. The molecular weight excluding hydrogens is 607 g/mol. The highest BCUT2D eigenvalue weighted by Crippen LogP contribution is 2.38. The molecule has 17 heteroatoms. The van der Waals surface area contributed by atoms with E-state index in [1.165, 1.54) is 17.7 Å². The number of alkyl halides is 9. The molecule has 1 aliphatic rings. The lowest BCUT2D eigenvalue weighted by Gasteiger charge is -2.37. The maximum atomic E-state index is 13.8. The number of fused-ring (bicyclic) bond motifs is 1. The fourth-order valence-electron chi connectivity index (χ4n) is 4.42. The summed E-state index contributed by atoms with van der Waals surface area (Å²) in [7, 11) is 1.51. The molecule has 7 nitrogen and oxygen atoms in total. The maximum absolute atomic E-state index is 13.8. The lowest BCUT2D eigenvalue weighted by Crippen LogP contribution is -2.52. The average molecular weight is 631 g/mol. The van der Waals surface area contributed by atoms with Crippen molar-refractivity contribution in [2.45, 2.75) is 32.1 Å². The average Bonchev–Trinajstić information content (AvgIpc) is 3.18. The Morgan fingerprint density at radius 3 is 2.21 bits per heavy atom. The van der Waals surface area contributed by atoms with Crippen LogP contribution in [-0.4, -0.2) is 59.0 Å². The molecule has 2 heterocycles. The number of benzene rings is 2. The van der Waals surface area contributed by atoms with E-state index in [0.717, 1.165) is 18.2 Å². The first kappa shape index (κ1) is 31.5. The van der Waals surface area contributed by atoms with Crippen molar-refractivity contribution in [3.05, 3.63) is 46.5 Å². The number of amides is 1. The second-order valence-electron chi connectivity index (χ2n) is 9.71. The standard InChI is InChI=1S/C25H24ClF9N6O/c1-13(23(27,28)29)21(42)36-12-14-3-4-15(24(30,31)32)17(9-14)37-22-38-18-10-16(26)19(11-20(18)39(22)2)40-5-7-41(8-6-40)25(33,34)35/h3-4,9-11,13H,5-8,12H2,1-2H3,(H,36,42)(H,37,38). The minimum atomic E-state index is -4.81. The molecular formula is C25H24ClF9N6O. The minimum Gasteiger partial charge on any atom is -0.368 e. The Morgan fingerprint density at radius 1 is 1.00 bits per heavy atom. The smallest absolute Gasteiger partial charge is 0.368 e. The number of carbonyl (C=O) groups is 1. The van der Waals surface area contributed by atoms with Crippen molar-refractivity contribution in [1.82, 2.24) is 19.8 Å². The molecule has 1 aromatic heterocycles. The molecule has 1 saturated heterocycles. The van der Waals surface area contributed by atoms with Crippen LogP contribution in [0.3, 0.4) is 0 Å². The zero-order chi connectivity index (χ0) is 31.2. The Labute approximate surface area is 238 Å². The topological polar surface area (TPSA) is 65.4 Å². The van der Waals surface area contributed by atoms with Crippen LogP contribution in [0.4, 0.5) is 56.8 Å². The van der Waals surface area contributed by atoms with Crippen molar-refractivity contribution >= 4 is 45.9 Å². The minimum absolute atomic E-state index is 0.0354. The van der Waals surface area contributed by atoms with E-state index in [-0.39, 0.29) is 42.7 Å².